The molecule has 7 nitrogen and oxygen atoms in total. The van der Waals surface area contributed by atoms with Crippen LogP contribution in [-0.2, 0) is 0 Å². The summed E-state index contributed by atoms with van der Waals surface area (Å²) in [5, 5.41) is 14.9. The first kappa shape index (κ1) is 19.1. The van der Waals surface area contributed by atoms with Crippen LogP contribution >= 0.6 is 34.2 Å². The highest BCUT2D eigenvalue weighted by Gasteiger charge is 2.10. The third-order valence-corrected chi connectivity index (χ3v) is 4.52. The summed E-state index contributed by atoms with van der Waals surface area (Å²) < 4.78 is 6.48. The van der Waals surface area contributed by atoms with Gasteiger partial charge in [0, 0.05) is 21.3 Å². The zero-order valence-corrected chi connectivity index (χ0v) is 16.5. The van der Waals surface area contributed by atoms with Crippen molar-refractivity contribution in [2.24, 2.45) is 5.10 Å². The van der Waals surface area contributed by atoms with E-state index < -0.39 is 10.8 Å². The lowest BCUT2D eigenvalue weighted by atomic mass is 10.1. The standard InChI is InChI=1S/C18H11ClIN3O4/c19-16-7-3-12(20)9-15(16)18(24)22-21-10-14-6-8-17(27-14)11-1-4-13(5-2-11)23(25)26/h1-10H,(H,22,24). The molecule has 2 aromatic carbocycles. The van der Waals surface area contributed by atoms with Crippen LogP contribution in [0.15, 0.2) is 64.1 Å². The largest absolute Gasteiger partial charge is 0.455 e. The third kappa shape index (κ3) is 4.72. The van der Waals surface area contributed by atoms with E-state index in [4.69, 9.17) is 16.0 Å². The van der Waals surface area contributed by atoms with Crippen LogP contribution < -0.4 is 5.43 Å². The van der Waals surface area contributed by atoms with Gasteiger partial charge in [-0.25, -0.2) is 5.43 Å². The molecular formula is C18H11ClIN3O4. The molecule has 0 fully saturated rings. The van der Waals surface area contributed by atoms with Gasteiger partial charge in [-0.1, -0.05) is 11.6 Å². The number of halogens is 2. The average Bonchev–Trinajstić information content (AvgIpc) is 3.12. The maximum atomic E-state index is 12.1. The number of rotatable bonds is 5. The van der Waals surface area contributed by atoms with Crippen LogP contribution in [0.1, 0.15) is 16.1 Å². The molecule has 1 aromatic heterocycles. The molecule has 0 spiro atoms. The number of carbonyl (C=O) groups excluding carboxylic acids is 1. The van der Waals surface area contributed by atoms with Gasteiger partial charge in [-0.15, -0.1) is 0 Å². The Bertz CT molecular complexity index is 1030. The van der Waals surface area contributed by atoms with E-state index >= 15 is 0 Å². The average molecular weight is 496 g/mol. The zero-order valence-electron chi connectivity index (χ0n) is 13.6. The van der Waals surface area contributed by atoms with Gasteiger partial charge in [-0.2, -0.15) is 5.10 Å². The molecule has 0 radical (unpaired) electrons. The molecule has 0 aliphatic rings. The minimum absolute atomic E-state index is 0.00374. The summed E-state index contributed by atoms with van der Waals surface area (Å²) in [6, 6.07) is 14.5. The highest BCUT2D eigenvalue weighted by molar-refractivity contribution is 14.1. The Hall–Kier alpha value is -2.72. The molecule has 0 saturated heterocycles. The van der Waals surface area contributed by atoms with Crippen molar-refractivity contribution >= 4 is 52.0 Å². The number of nitrogens with one attached hydrogen (secondary N) is 1. The smallest absolute Gasteiger partial charge is 0.272 e. The maximum absolute atomic E-state index is 12.1. The van der Waals surface area contributed by atoms with E-state index in [1.807, 2.05) is 0 Å². The molecule has 27 heavy (non-hydrogen) atoms. The van der Waals surface area contributed by atoms with Gasteiger partial charge >= 0.3 is 0 Å². The Morgan fingerprint density at radius 1 is 1.19 bits per heavy atom. The third-order valence-electron chi connectivity index (χ3n) is 3.52. The SMILES string of the molecule is O=C(NN=Cc1ccc(-c2ccc([N+](=O)[O-])cc2)o1)c1cc(I)ccc1Cl. The number of hydrogen-bond acceptors (Lipinski definition) is 5. The molecular weight excluding hydrogens is 485 g/mol. The van der Waals surface area contributed by atoms with Gasteiger partial charge in [0.15, 0.2) is 0 Å². The minimum atomic E-state index is -0.466. The Kier molecular flexibility index (Phi) is 5.87. The van der Waals surface area contributed by atoms with Crippen molar-refractivity contribution in [2.45, 2.75) is 0 Å². The van der Waals surface area contributed by atoms with Crippen molar-refractivity contribution in [3.63, 3.8) is 0 Å². The Morgan fingerprint density at radius 3 is 2.63 bits per heavy atom. The summed E-state index contributed by atoms with van der Waals surface area (Å²) >= 11 is 8.10. The molecule has 0 unspecified atom stereocenters. The molecule has 0 bridgehead atoms. The molecule has 0 aliphatic heterocycles. The minimum Gasteiger partial charge on any atom is -0.455 e. The number of hydrazone groups is 1. The van der Waals surface area contributed by atoms with Crippen LogP contribution in [0.25, 0.3) is 11.3 Å². The number of nitrogens with zero attached hydrogens (tertiary/aromatic N) is 2. The van der Waals surface area contributed by atoms with Gasteiger partial charge < -0.3 is 4.42 Å². The number of carbonyl (C=O) groups is 1. The van der Waals surface area contributed by atoms with Crippen LogP contribution in [0, 0.1) is 13.7 Å². The van der Waals surface area contributed by atoms with E-state index in [9.17, 15) is 14.9 Å². The number of furan rings is 1. The quantitative estimate of drug-likeness (QED) is 0.236. The summed E-state index contributed by atoms with van der Waals surface area (Å²) in [5.74, 6) is 0.507. The fraction of sp³-hybridized carbons (Fsp3) is 0. The van der Waals surface area contributed by atoms with Crippen LogP contribution in [0.3, 0.4) is 0 Å². The summed E-state index contributed by atoms with van der Waals surface area (Å²) in [6.07, 6.45) is 1.36. The van der Waals surface area contributed by atoms with Gasteiger partial charge in [0.2, 0.25) is 0 Å². The van der Waals surface area contributed by atoms with Gasteiger partial charge in [-0.3, -0.25) is 14.9 Å². The fourth-order valence-corrected chi connectivity index (χ4v) is 2.91. The van der Waals surface area contributed by atoms with Gasteiger partial charge in [0.05, 0.1) is 21.7 Å². The van der Waals surface area contributed by atoms with E-state index in [2.05, 4.69) is 33.1 Å². The first-order valence-electron chi connectivity index (χ1n) is 7.57. The lowest BCUT2D eigenvalue weighted by molar-refractivity contribution is -0.384. The topological polar surface area (TPSA) is 97.7 Å². The second kappa shape index (κ2) is 8.31. The highest BCUT2D eigenvalue weighted by Crippen LogP contribution is 2.24. The molecule has 0 aliphatic carbocycles. The number of non-ortho nitro benzene ring substituents is 1. The lowest BCUT2D eigenvalue weighted by Gasteiger charge is -2.02. The number of hydrogen-bond donors (Lipinski definition) is 1. The molecule has 0 saturated carbocycles. The first-order valence-corrected chi connectivity index (χ1v) is 9.03. The molecule has 136 valence electrons. The van der Waals surface area contributed by atoms with E-state index in [1.165, 1.54) is 18.3 Å². The van der Waals surface area contributed by atoms with E-state index in [1.54, 1.807) is 42.5 Å². The molecule has 9 heteroatoms. The predicted octanol–water partition coefficient (Wildman–Crippen LogP) is 4.88. The molecule has 3 rings (SSSR count). The molecule has 1 N–H and O–H groups in total. The predicted molar refractivity (Wildman–Crippen MR) is 110 cm³/mol. The molecule has 0 atom stereocenters. The van der Waals surface area contributed by atoms with Gasteiger partial charge in [0.1, 0.15) is 11.5 Å². The lowest BCUT2D eigenvalue weighted by Crippen LogP contribution is -2.18. The first-order chi connectivity index (χ1) is 12.9. The Labute approximate surface area is 172 Å². The van der Waals surface area contributed by atoms with Crippen molar-refractivity contribution in [2.75, 3.05) is 0 Å². The van der Waals surface area contributed by atoms with E-state index in [0.29, 0.717) is 27.7 Å². The van der Waals surface area contributed by atoms with Crippen molar-refractivity contribution in [3.8, 4) is 11.3 Å². The summed E-state index contributed by atoms with van der Waals surface area (Å²) in [6.45, 7) is 0. The van der Waals surface area contributed by atoms with Gasteiger partial charge in [0.25, 0.3) is 11.6 Å². The zero-order chi connectivity index (χ0) is 19.4. The van der Waals surface area contributed by atoms with E-state index in [-0.39, 0.29) is 5.69 Å². The summed E-state index contributed by atoms with van der Waals surface area (Å²) in [4.78, 5) is 22.3. The van der Waals surface area contributed by atoms with Crippen LogP contribution in [0.2, 0.25) is 5.02 Å². The number of nitro groups is 1. The Morgan fingerprint density at radius 2 is 1.93 bits per heavy atom. The summed E-state index contributed by atoms with van der Waals surface area (Å²) in [7, 11) is 0. The van der Waals surface area contributed by atoms with Gasteiger partial charge in [-0.05, 0) is 65.1 Å². The van der Waals surface area contributed by atoms with Crippen molar-refractivity contribution < 1.29 is 14.1 Å². The number of benzene rings is 2. The highest BCUT2D eigenvalue weighted by atomic mass is 127. The van der Waals surface area contributed by atoms with Crippen LogP contribution in [0.5, 0.6) is 0 Å². The normalized spacial score (nSPS) is 10.9. The fourth-order valence-electron chi connectivity index (χ4n) is 2.21. The second-order valence-electron chi connectivity index (χ2n) is 5.33. The number of amides is 1. The maximum Gasteiger partial charge on any atom is 0.272 e. The van der Waals surface area contributed by atoms with Crippen molar-refractivity contribution in [3.05, 3.63) is 84.6 Å². The van der Waals surface area contributed by atoms with Crippen LogP contribution in [0.4, 0.5) is 5.69 Å². The monoisotopic (exact) mass is 495 g/mol. The van der Waals surface area contributed by atoms with Crippen LogP contribution in [-0.4, -0.2) is 17.0 Å². The summed E-state index contributed by atoms with van der Waals surface area (Å²) in [5.41, 5.74) is 3.41. The molecule has 3 aromatic rings. The van der Waals surface area contributed by atoms with E-state index in [0.717, 1.165) is 3.57 Å². The Balaban J connectivity index is 1.67. The molecule has 1 amide bonds. The van der Waals surface area contributed by atoms with Crippen molar-refractivity contribution in [1.29, 1.82) is 0 Å². The number of nitro benzene ring substituents is 1. The van der Waals surface area contributed by atoms with Crippen molar-refractivity contribution in [1.82, 2.24) is 5.43 Å². The second-order valence-corrected chi connectivity index (χ2v) is 6.98. The molecule has 1 heterocycles.